The fourth-order valence-corrected chi connectivity index (χ4v) is 1.98. The minimum absolute atomic E-state index is 0.000817. The molecule has 0 saturated heterocycles. The van der Waals surface area contributed by atoms with Gasteiger partial charge in [-0.2, -0.15) is 0 Å². The van der Waals surface area contributed by atoms with Gasteiger partial charge in [-0.15, -0.1) is 0 Å². The zero-order valence-corrected chi connectivity index (χ0v) is 10.5. The Morgan fingerprint density at radius 3 is 2.13 bits per heavy atom. The van der Waals surface area contributed by atoms with Gasteiger partial charge in [-0.05, 0) is 20.8 Å². The Kier molecular flexibility index (Phi) is 5.23. The van der Waals surface area contributed by atoms with Gasteiger partial charge in [0.1, 0.15) is 5.75 Å². The molecule has 0 spiro atoms. The Balaban J connectivity index is 4.55. The number of rotatable bonds is 5. The summed E-state index contributed by atoms with van der Waals surface area (Å²) in [5.74, 6) is -0.842. The van der Waals surface area contributed by atoms with Gasteiger partial charge in [-0.25, -0.2) is 8.42 Å². The van der Waals surface area contributed by atoms with Crippen molar-refractivity contribution in [1.82, 2.24) is 4.90 Å². The highest BCUT2D eigenvalue weighted by molar-refractivity contribution is 7.92. The molecule has 0 heterocycles. The molecule has 0 aliphatic carbocycles. The molecule has 1 atom stereocenters. The number of amides is 1. The number of nitrogens with two attached hydrogens (primary N) is 1. The lowest BCUT2D eigenvalue weighted by Crippen LogP contribution is -2.40. The fourth-order valence-electron chi connectivity index (χ4n) is 0.851. The molecule has 0 aromatic carbocycles. The number of nitrogens with zero attached hydrogens (tertiary/aromatic N) is 1. The van der Waals surface area contributed by atoms with E-state index in [9.17, 15) is 13.2 Å². The monoisotopic (exact) mass is 236 g/mol. The molecule has 0 saturated carbocycles. The SMILES string of the molecule is CC(C)N(C)C(=O)CS(=O)(=O)C(C)CN. The van der Waals surface area contributed by atoms with E-state index in [1.807, 2.05) is 13.8 Å². The van der Waals surface area contributed by atoms with Crippen molar-refractivity contribution in [2.75, 3.05) is 19.3 Å². The molecular formula is C9H20N2O3S. The number of hydrogen-bond donors (Lipinski definition) is 1. The summed E-state index contributed by atoms with van der Waals surface area (Å²) in [6, 6.07) is 0.000817. The van der Waals surface area contributed by atoms with Gasteiger partial charge in [0.15, 0.2) is 9.84 Å². The van der Waals surface area contributed by atoms with Gasteiger partial charge in [-0.1, -0.05) is 0 Å². The van der Waals surface area contributed by atoms with Crippen molar-refractivity contribution >= 4 is 15.7 Å². The maximum absolute atomic E-state index is 11.6. The van der Waals surface area contributed by atoms with Crippen LogP contribution in [0.3, 0.4) is 0 Å². The maximum Gasteiger partial charge on any atom is 0.237 e. The van der Waals surface area contributed by atoms with Crippen LogP contribution in [0, 0.1) is 0 Å². The van der Waals surface area contributed by atoms with Crippen molar-refractivity contribution < 1.29 is 13.2 Å². The first-order valence-corrected chi connectivity index (χ1v) is 6.61. The van der Waals surface area contributed by atoms with Crippen molar-refractivity contribution in [1.29, 1.82) is 0 Å². The van der Waals surface area contributed by atoms with Crippen molar-refractivity contribution in [3.8, 4) is 0 Å². The first kappa shape index (κ1) is 14.4. The van der Waals surface area contributed by atoms with E-state index < -0.39 is 20.8 Å². The quantitative estimate of drug-likeness (QED) is 0.705. The summed E-state index contributed by atoms with van der Waals surface area (Å²) in [5, 5.41) is -0.665. The van der Waals surface area contributed by atoms with Crippen LogP contribution in [-0.4, -0.2) is 49.9 Å². The van der Waals surface area contributed by atoms with Gasteiger partial charge < -0.3 is 10.6 Å². The lowest BCUT2D eigenvalue weighted by atomic mass is 10.3. The number of hydrogen-bond acceptors (Lipinski definition) is 4. The van der Waals surface area contributed by atoms with Crippen molar-refractivity contribution in [2.45, 2.75) is 32.1 Å². The normalized spacial score (nSPS) is 14.0. The van der Waals surface area contributed by atoms with E-state index >= 15 is 0 Å². The summed E-state index contributed by atoms with van der Waals surface area (Å²) >= 11 is 0. The average Bonchev–Trinajstić information content (AvgIpc) is 2.14. The van der Waals surface area contributed by atoms with Gasteiger partial charge in [0.25, 0.3) is 0 Å². The second-order valence-electron chi connectivity index (χ2n) is 3.95. The zero-order chi connectivity index (χ0) is 12.2. The molecule has 15 heavy (non-hydrogen) atoms. The maximum atomic E-state index is 11.6. The summed E-state index contributed by atoms with van der Waals surface area (Å²) in [6.45, 7) is 5.22. The third-order valence-corrected chi connectivity index (χ3v) is 4.51. The van der Waals surface area contributed by atoms with E-state index in [-0.39, 0.29) is 18.5 Å². The molecular weight excluding hydrogens is 216 g/mol. The van der Waals surface area contributed by atoms with E-state index in [0.717, 1.165) is 0 Å². The summed E-state index contributed by atoms with van der Waals surface area (Å²) < 4.78 is 23.1. The van der Waals surface area contributed by atoms with Crippen LogP contribution < -0.4 is 5.73 Å². The lowest BCUT2D eigenvalue weighted by molar-refractivity contribution is -0.128. The average molecular weight is 236 g/mol. The van der Waals surface area contributed by atoms with Gasteiger partial charge in [0.2, 0.25) is 5.91 Å². The Labute approximate surface area is 91.5 Å². The Morgan fingerprint density at radius 2 is 1.80 bits per heavy atom. The number of carbonyl (C=O) groups excluding carboxylic acids is 1. The molecule has 0 rings (SSSR count). The summed E-state index contributed by atoms with van der Waals surface area (Å²) in [6.07, 6.45) is 0. The predicted octanol–water partition coefficient (Wildman–Crippen LogP) is -0.385. The minimum Gasteiger partial charge on any atom is -0.342 e. The molecule has 0 fully saturated rings. The number of carbonyl (C=O) groups is 1. The second-order valence-corrected chi connectivity index (χ2v) is 6.37. The van der Waals surface area contributed by atoms with E-state index in [0.29, 0.717) is 0 Å². The Bertz CT molecular complexity index is 311. The van der Waals surface area contributed by atoms with Crippen molar-refractivity contribution in [2.24, 2.45) is 5.73 Å². The fraction of sp³-hybridized carbons (Fsp3) is 0.889. The summed E-state index contributed by atoms with van der Waals surface area (Å²) in [5.41, 5.74) is 5.27. The third-order valence-electron chi connectivity index (χ3n) is 2.44. The van der Waals surface area contributed by atoms with Crippen LogP contribution in [0.25, 0.3) is 0 Å². The first-order valence-electron chi connectivity index (χ1n) is 4.89. The van der Waals surface area contributed by atoms with Crippen LogP contribution in [0.2, 0.25) is 0 Å². The molecule has 0 aromatic rings. The zero-order valence-electron chi connectivity index (χ0n) is 9.73. The second kappa shape index (κ2) is 5.46. The van der Waals surface area contributed by atoms with Gasteiger partial charge >= 0.3 is 0 Å². The van der Waals surface area contributed by atoms with Crippen LogP contribution in [0.1, 0.15) is 20.8 Å². The molecule has 5 nitrogen and oxygen atoms in total. The Morgan fingerprint density at radius 1 is 1.33 bits per heavy atom. The number of sulfone groups is 1. The Hall–Kier alpha value is -0.620. The van der Waals surface area contributed by atoms with Crippen LogP contribution in [0.5, 0.6) is 0 Å². The molecule has 6 heteroatoms. The molecule has 1 unspecified atom stereocenters. The van der Waals surface area contributed by atoms with Crippen molar-refractivity contribution in [3.05, 3.63) is 0 Å². The summed E-state index contributed by atoms with van der Waals surface area (Å²) in [4.78, 5) is 12.9. The van der Waals surface area contributed by atoms with E-state index in [1.165, 1.54) is 11.8 Å². The highest BCUT2D eigenvalue weighted by Crippen LogP contribution is 2.03. The van der Waals surface area contributed by atoms with Gasteiger partial charge in [0.05, 0.1) is 5.25 Å². The molecule has 0 bridgehead atoms. The van der Waals surface area contributed by atoms with Crippen LogP contribution in [-0.2, 0) is 14.6 Å². The van der Waals surface area contributed by atoms with Crippen LogP contribution in [0.4, 0.5) is 0 Å². The van der Waals surface area contributed by atoms with E-state index in [1.54, 1.807) is 7.05 Å². The van der Waals surface area contributed by atoms with Crippen LogP contribution in [0.15, 0.2) is 0 Å². The molecule has 90 valence electrons. The highest BCUT2D eigenvalue weighted by atomic mass is 32.2. The highest BCUT2D eigenvalue weighted by Gasteiger charge is 2.25. The third kappa shape index (κ3) is 4.17. The largest absolute Gasteiger partial charge is 0.342 e. The predicted molar refractivity (Wildman–Crippen MR) is 60.2 cm³/mol. The van der Waals surface area contributed by atoms with E-state index in [2.05, 4.69) is 0 Å². The molecule has 0 aliphatic heterocycles. The van der Waals surface area contributed by atoms with Gasteiger partial charge in [0, 0.05) is 19.6 Å². The molecule has 0 aromatic heterocycles. The molecule has 2 N–H and O–H groups in total. The smallest absolute Gasteiger partial charge is 0.237 e. The molecule has 1 amide bonds. The first-order chi connectivity index (χ1) is 6.72. The van der Waals surface area contributed by atoms with E-state index in [4.69, 9.17) is 5.73 Å². The summed E-state index contributed by atoms with van der Waals surface area (Å²) in [7, 11) is -1.81. The molecule has 0 radical (unpaired) electrons. The minimum atomic E-state index is -3.40. The van der Waals surface area contributed by atoms with Crippen LogP contribution >= 0.6 is 0 Å². The van der Waals surface area contributed by atoms with Crippen molar-refractivity contribution in [3.63, 3.8) is 0 Å². The van der Waals surface area contributed by atoms with Gasteiger partial charge in [-0.3, -0.25) is 4.79 Å². The standard InChI is InChI=1S/C9H20N2O3S/c1-7(2)11(4)9(12)6-15(13,14)8(3)5-10/h7-8H,5-6,10H2,1-4H3. The molecule has 0 aliphatic rings. The topological polar surface area (TPSA) is 80.5 Å². The lowest BCUT2D eigenvalue weighted by Gasteiger charge is -2.22.